The highest BCUT2D eigenvalue weighted by atomic mass is 19.4. The second-order valence-corrected chi connectivity index (χ2v) is 8.34. The van der Waals surface area contributed by atoms with Crippen molar-refractivity contribution in [3.63, 3.8) is 0 Å². The SMILES string of the molecule is O=C(c1cccc(F)c1-n1nccn1)N1CC2CCC1C(Nc1ccc(C(F)(F)F)cn1)C2. The molecule has 4 heterocycles. The number of rotatable bonds is 4. The van der Waals surface area contributed by atoms with E-state index in [0.717, 1.165) is 36.3 Å². The molecule has 11 heteroatoms. The monoisotopic (exact) mass is 460 g/mol. The molecule has 3 aliphatic rings. The number of alkyl halides is 3. The number of aromatic nitrogens is 4. The molecule has 3 aromatic rings. The van der Waals surface area contributed by atoms with Gasteiger partial charge in [-0.1, -0.05) is 6.07 Å². The molecule has 2 bridgehead atoms. The number of hydrogen-bond donors (Lipinski definition) is 1. The van der Waals surface area contributed by atoms with E-state index >= 15 is 0 Å². The lowest BCUT2D eigenvalue weighted by Crippen LogP contribution is -2.59. The average Bonchev–Trinajstić information content (AvgIpc) is 3.33. The minimum absolute atomic E-state index is 0.0112. The number of anilines is 1. The van der Waals surface area contributed by atoms with E-state index < -0.39 is 17.6 Å². The molecular formula is C22H20F4N6O. The summed E-state index contributed by atoms with van der Waals surface area (Å²) in [7, 11) is 0. The predicted molar refractivity (Wildman–Crippen MR) is 110 cm³/mol. The van der Waals surface area contributed by atoms with Crippen LogP contribution >= 0.6 is 0 Å². The van der Waals surface area contributed by atoms with E-state index in [4.69, 9.17) is 0 Å². The Bertz CT molecular complexity index is 1150. The first-order chi connectivity index (χ1) is 15.8. The number of piperidine rings is 2. The van der Waals surface area contributed by atoms with Crippen molar-refractivity contribution in [1.29, 1.82) is 0 Å². The minimum atomic E-state index is -4.45. The summed E-state index contributed by atoms with van der Waals surface area (Å²) in [6.07, 6.45) is 1.60. The number of fused-ring (bicyclic) bond motifs is 3. The Labute approximate surface area is 186 Å². The van der Waals surface area contributed by atoms with Crippen LogP contribution in [-0.4, -0.2) is 49.4 Å². The van der Waals surface area contributed by atoms with Gasteiger partial charge in [0.15, 0.2) is 5.82 Å². The van der Waals surface area contributed by atoms with Crippen molar-refractivity contribution in [3.05, 3.63) is 65.9 Å². The maximum Gasteiger partial charge on any atom is 0.417 e. The average molecular weight is 460 g/mol. The van der Waals surface area contributed by atoms with Gasteiger partial charge in [0, 0.05) is 18.8 Å². The summed E-state index contributed by atoms with van der Waals surface area (Å²) in [6, 6.07) is 6.17. The van der Waals surface area contributed by atoms with Gasteiger partial charge in [-0.15, -0.1) is 4.80 Å². The van der Waals surface area contributed by atoms with Gasteiger partial charge in [0.25, 0.3) is 5.91 Å². The number of para-hydroxylation sites is 1. The summed E-state index contributed by atoms with van der Waals surface area (Å²) in [5, 5.41) is 11.1. The number of carbonyl (C=O) groups excluding carboxylic acids is 1. The molecule has 1 aliphatic carbocycles. The van der Waals surface area contributed by atoms with Gasteiger partial charge in [0.05, 0.1) is 29.6 Å². The predicted octanol–water partition coefficient (Wildman–Crippen LogP) is 3.93. The van der Waals surface area contributed by atoms with Crippen LogP contribution in [0.5, 0.6) is 0 Å². The van der Waals surface area contributed by atoms with Gasteiger partial charge >= 0.3 is 6.18 Å². The van der Waals surface area contributed by atoms with Gasteiger partial charge < -0.3 is 10.2 Å². The first kappa shape index (κ1) is 21.4. The van der Waals surface area contributed by atoms with Gasteiger partial charge in [-0.2, -0.15) is 23.4 Å². The fraction of sp³-hybridized carbons (Fsp3) is 0.364. The Morgan fingerprint density at radius 3 is 2.55 bits per heavy atom. The van der Waals surface area contributed by atoms with E-state index in [1.807, 2.05) is 0 Å². The Balaban J connectivity index is 1.40. The number of nitrogens with one attached hydrogen (secondary N) is 1. The number of amides is 1. The third-order valence-electron chi connectivity index (χ3n) is 6.30. The van der Waals surface area contributed by atoms with Crippen molar-refractivity contribution >= 4 is 11.7 Å². The van der Waals surface area contributed by atoms with Gasteiger partial charge in [0.1, 0.15) is 11.5 Å². The van der Waals surface area contributed by atoms with Crippen LogP contribution in [0.3, 0.4) is 0 Å². The molecule has 33 heavy (non-hydrogen) atoms. The van der Waals surface area contributed by atoms with Crippen molar-refractivity contribution in [2.75, 3.05) is 11.9 Å². The van der Waals surface area contributed by atoms with Crippen molar-refractivity contribution in [1.82, 2.24) is 24.9 Å². The summed E-state index contributed by atoms with van der Waals surface area (Å²) >= 11 is 0. The molecule has 7 nitrogen and oxygen atoms in total. The lowest BCUT2D eigenvalue weighted by Gasteiger charge is -2.50. The van der Waals surface area contributed by atoms with Crippen molar-refractivity contribution in [2.24, 2.45) is 5.92 Å². The third kappa shape index (κ3) is 4.03. The number of benzene rings is 1. The van der Waals surface area contributed by atoms with Crippen LogP contribution in [0, 0.1) is 11.7 Å². The van der Waals surface area contributed by atoms with E-state index in [9.17, 15) is 22.4 Å². The fourth-order valence-electron chi connectivity index (χ4n) is 4.80. The summed E-state index contributed by atoms with van der Waals surface area (Å²) < 4.78 is 53.1. The Hall–Kier alpha value is -3.50. The standard InChI is InChI=1S/C22H20F4N6O/c23-16-3-1-2-15(20(16)32-28-8-9-29-32)21(33)31-12-13-4-6-18(31)17(10-13)30-19-7-5-14(11-27-19)22(24,25)26/h1-3,5,7-9,11,13,17-18H,4,6,10,12H2,(H,27,30). The molecule has 3 fully saturated rings. The molecule has 1 N–H and O–H groups in total. The minimum Gasteiger partial charge on any atom is -0.365 e. The first-order valence-electron chi connectivity index (χ1n) is 10.6. The lowest BCUT2D eigenvalue weighted by atomic mass is 9.76. The van der Waals surface area contributed by atoms with E-state index in [2.05, 4.69) is 20.5 Å². The molecule has 2 aromatic heterocycles. The van der Waals surface area contributed by atoms with Gasteiger partial charge in [-0.25, -0.2) is 9.37 Å². The number of halogens is 4. The van der Waals surface area contributed by atoms with Crippen LogP contribution in [0.4, 0.5) is 23.4 Å². The van der Waals surface area contributed by atoms with Crippen LogP contribution in [0.1, 0.15) is 35.2 Å². The number of nitrogens with zero attached hydrogens (tertiary/aromatic N) is 5. The normalized spacial score (nSPS) is 22.4. The highest BCUT2D eigenvalue weighted by molar-refractivity contribution is 5.98. The summed E-state index contributed by atoms with van der Waals surface area (Å²) in [4.78, 5) is 20.3. The summed E-state index contributed by atoms with van der Waals surface area (Å²) in [6.45, 7) is 0.532. The molecule has 0 spiro atoms. The number of hydrogen-bond acceptors (Lipinski definition) is 5. The highest BCUT2D eigenvalue weighted by Gasteiger charge is 2.44. The smallest absolute Gasteiger partial charge is 0.365 e. The van der Waals surface area contributed by atoms with Crippen molar-refractivity contribution in [3.8, 4) is 5.69 Å². The maximum atomic E-state index is 14.6. The van der Waals surface area contributed by atoms with Crippen LogP contribution in [-0.2, 0) is 6.18 Å². The van der Waals surface area contributed by atoms with Crippen LogP contribution in [0.25, 0.3) is 5.69 Å². The fourth-order valence-corrected chi connectivity index (χ4v) is 4.80. The molecule has 1 amide bonds. The van der Waals surface area contributed by atoms with E-state index in [0.29, 0.717) is 12.4 Å². The molecule has 0 radical (unpaired) electrons. The molecule has 1 aromatic carbocycles. The van der Waals surface area contributed by atoms with Gasteiger partial charge in [-0.3, -0.25) is 4.79 Å². The molecule has 2 saturated heterocycles. The quantitative estimate of drug-likeness (QED) is 0.598. The maximum absolute atomic E-state index is 14.6. The largest absolute Gasteiger partial charge is 0.417 e. The first-order valence-corrected chi connectivity index (χ1v) is 10.6. The third-order valence-corrected chi connectivity index (χ3v) is 6.30. The van der Waals surface area contributed by atoms with E-state index in [-0.39, 0.29) is 35.2 Å². The molecule has 2 aliphatic heterocycles. The van der Waals surface area contributed by atoms with Crippen LogP contribution < -0.4 is 5.32 Å². The zero-order valence-electron chi connectivity index (χ0n) is 17.3. The number of carbonyl (C=O) groups is 1. The van der Waals surface area contributed by atoms with E-state index in [1.165, 1.54) is 30.6 Å². The van der Waals surface area contributed by atoms with Crippen LogP contribution in [0.15, 0.2) is 48.9 Å². The molecular weight excluding hydrogens is 440 g/mol. The molecule has 3 atom stereocenters. The van der Waals surface area contributed by atoms with Crippen molar-refractivity contribution in [2.45, 2.75) is 37.5 Å². The lowest BCUT2D eigenvalue weighted by molar-refractivity contribution is -0.137. The Kier molecular flexibility index (Phi) is 5.26. The Morgan fingerprint density at radius 2 is 1.88 bits per heavy atom. The molecule has 3 unspecified atom stereocenters. The Morgan fingerprint density at radius 1 is 1.09 bits per heavy atom. The molecule has 172 valence electrons. The highest BCUT2D eigenvalue weighted by Crippen LogP contribution is 2.38. The van der Waals surface area contributed by atoms with E-state index in [1.54, 1.807) is 11.0 Å². The second kappa shape index (κ2) is 8.13. The molecule has 1 saturated carbocycles. The van der Waals surface area contributed by atoms with Crippen LogP contribution in [0.2, 0.25) is 0 Å². The van der Waals surface area contributed by atoms with Crippen molar-refractivity contribution < 1.29 is 22.4 Å². The number of pyridine rings is 1. The summed E-state index contributed by atoms with van der Waals surface area (Å²) in [5.41, 5.74) is -0.672. The molecule has 6 rings (SSSR count). The zero-order valence-corrected chi connectivity index (χ0v) is 17.3. The van der Waals surface area contributed by atoms with Gasteiger partial charge in [-0.05, 0) is 49.4 Å². The zero-order chi connectivity index (χ0) is 23.2. The summed E-state index contributed by atoms with van der Waals surface area (Å²) in [5.74, 6) is -0.392. The topological polar surface area (TPSA) is 75.9 Å². The van der Waals surface area contributed by atoms with Gasteiger partial charge in [0.2, 0.25) is 0 Å². The second-order valence-electron chi connectivity index (χ2n) is 8.34.